The van der Waals surface area contributed by atoms with E-state index in [4.69, 9.17) is 21.1 Å². The molecule has 0 atom stereocenters. The Bertz CT molecular complexity index is 1150. The monoisotopic (exact) mass is 557 g/mol. The molecular formula is C21H17ClINO5S. The van der Waals surface area contributed by atoms with E-state index in [0.29, 0.717) is 25.6 Å². The molecule has 0 saturated heterocycles. The molecule has 30 heavy (non-hydrogen) atoms. The molecule has 9 heteroatoms. The zero-order valence-corrected chi connectivity index (χ0v) is 19.5. The smallest absolute Gasteiger partial charge is 0.338 e. The Hall–Kier alpha value is -2.30. The van der Waals surface area contributed by atoms with Crippen molar-refractivity contribution < 1.29 is 22.7 Å². The molecule has 0 aromatic heterocycles. The Morgan fingerprint density at radius 1 is 1.03 bits per heavy atom. The van der Waals surface area contributed by atoms with Crippen LogP contribution in [0.5, 0.6) is 11.5 Å². The molecule has 0 spiro atoms. The molecule has 0 heterocycles. The van der Waals surface area contributed by atoms with Gasteiger partial charge in [0.2, 0.25) is 0 Å². The maximum absolute atomic E-state index is 13.0. The van der Waals surface area contributed by atoms with E-state index in [9.17, 15) is 13.2 Å². The zero-order chi connectivity index (χ0) is 21.7. The molecule has 1 N–H and O–H groups in total. The third-order valence-electron chi connectivity index (χ3n) is 3.90. The third-order valence-corrected chi connectivity index (χ3v) is 6.41. The summed E-state index contributed by atoms with van der Waals surface area (Å²) in [4.78, 5) is 11.7. The van der Waals surface area contributed by atoms with Gasteiger partial charge in [-0.2, -0.15) is 0 Å². The van der Waals surface area contributed by atoms with E-state index in [1.165, 1.54) is 30.3 Å². The quantitative estimate of drug-likeness (QED) is 0.297. The molecule has 3 aromatic rings. The average molecular weight is 558 g/mol. The number of para-hydroxylation sites is 1. The van der Waals surface area contributed by atoms with Crippen molar-refractivity contribution >= 4 is 55.9 Å². The summed E-state index contributed by atoms with van der Waals surface area (Å²) in [6.07, 6.45) is 0. The largest absolute Gasteiger partial charge is 0.462 e. The predicted octanol–water partition coefficient (Wildman–Crippen LogP) is 5.71. The van der Waals surface area contributed by atoms with Crippen LogP contribution in [0.4, 0.5) is 5.69 Å². The van der Waals surface area contributed by atoms with Crippen molar-refractivity contribution in [3.05, 3.63) is 80.9 Å². The summed E-state index contributed by atoms with van der Waals surface area (Å²) in [7, 11) is -3.96. The molecule has 3 rings (SSSR count). The Morgan fingerprint density at radius 3 is 2.33 bits per heavy atom. The van der Waals surface area contributed by atoms with Gasteiger partial charge in [-0.25, -0.2) is 13.2 Å². The van der Waals surface area contributed by atoms with Crippen molar-refractivity contribution in [3.63, 3.8) is 0 Å². The number of sulfonamides is 1. The van der Waals surface area contributed by atoms with Crippen LogP contribution in [0, 0.1) is 3.57 Å². The first kappa shape index (κ1) is 22.4. The van der Waals surface area contributed by atoms with E-state index in [0.717, 1.165) is 0 Å². The topological polar surface area (TPSA) is 81.7 Å². The highest BCUT2D eigenvalue weighted by molar-refractivity contribution is 14.1. The molecule has 0 radical (unpaired) electrons. The summed E-state index contributed by atoms with van der Waals surface area (Å²) >= 11 is 7.91. The molecule has 6 nitrogen and oxygen atoms in total. The first-order chi connectivity index (χ1) is 14.3. The molecule has 0 aliphatic carbocycles. The number of nitrogens with one attached hydrogen (secondary N) is 1. The van der Waals surface area contributed by atoms with E-state index in [1.807, 2.05) is 22.6 Å². The van der Waals surface area contributed by atoms with Crippen LogP contribution in [0.2, 0.25) is 5.02 Å². The maximum atomic E-state index is 13.0. The Balaban J connectivity index is 1.88. The molecule has 3 aromatic carbocycles. The van der Waals surface area contributed by atoms with Crippen molar-refractivity contribution in [1.29, 1.82) is 0 Å². The second kappa shape index (κ2) is 9.67. The van der Waals surface area contributed by atoms with Crippen LogP contribution < -0.4 is 9.46 Å². The number of esters is 1. The fourth-order valence-corrected chi connectivity index (χ4v) is 4.65. The van der Waals surface area contributed by atoms with Gasteiger partial charge in [0.1, 0.15) is 10.6 Å². The number of benzene rings is 3. The SMILES string of the molecule is CCOC(=O)c1ccc(NS(=O)(=O)c2cccc(I)c2Oc2ccc(Cl)cc2)cc1. The van der Waals surface area contributed by atoms with Crippen LogP contribution in [0.15, 0.2) is 71.6 Å². The second-order valence-corrected chi connectivity index (χ2v) is 9.28. The lowest BCUT2D eigenvalue weighted by Gasteiger charge is -2.15. The highest BCUT2D eigenvalue weighted by atomic mass is 127. The van der Waals surface area contributed by atoms with Gasteiger partial charge in [0.15, 0.2) is 5.75 Å². The number of hydrogen-bond donors (Lipinski definition) is 1. The number of rotatable bonds is 7. The highest BCUT2D eigenvalue weighted by Crippen LogP contribution is 2.34. The minimum absolute atomic E-state index is 0.0150. The number of halogens is 2. The van der Waals surface area contributed by atoms with Crippen LogP contribution in [0.1, 0.15) is 17.3 Å². The van der Waals surface area contributed by atoms with Crippen molar-refractivity contribution in [1.82, 2.24) is 0 Å². The van der Waals surface area contributed by atoms with Gasteiger partial charge in [-0.15, -0.1) is 0 Å². The van der Waals surface area contributed by atoms with Crippen LogP contribution >= 0.6 is 34.2 Å². The van der Waals surface area contributed by atoms with Gasteiger partial charge in [0.05, 0.1) is 15.7 Å². The summed E-state index contributed by atoms with van der Waals surface area (Å²) in [6.45, 7) is 1.97. The van der Waals surface area contributed by atoms with Crippen molar-refractivity contribution in [3.8, 4) is 11.5 Å². The van der Waals surface area contributed by atoms with Gasteiger partial charge in [0, 0.05) is 10.7 Å². The number of hydrogen-bond acceptors (Lipinski definition) is 5. The molecule has 0 aliphatic rings. The second-order valence-electron chi connectivity index (χ2n) is 6.03. The van der Waals surface area contributed by atoms with Crippen molar-refractivity contribution in [2.75, 3.05) is 11.3 Å². The maximum Gasteiger partial charge on any atom is 0.338 e. The fourth-order valence-electron chi connectivity index (χ4n) is 2.52. The first-order valence-electron chi connectivity index (χ1n) is 8.82. The summed E-state index contributed by atoms with van der Waals surface area (Å²) < 4.78 is 40.0. The number of anilines is 1. The van der Waals surface area contributed by atoms with Crippen LogP contribution in [-0.4, -0.2) is 21.0 Å². The molecule has 156 valence electrons. The molecule has 0 aliphatic heterocycles. The molecule has 0 unspecified atom stereocenters. The van der Waals surface area contributed by atoms with Crippen LogP contribution in [0.3, 0.4) is 0 Å². The zero-order valence-electron chi connectivity index (χ0n) is 15.8. The summed E-state index contributed by atoms with van der Waals surface area (Å²) in [5.41, 5.74) is 0.639. The predicted molar refractivity (Wildman–Crippen MR) is 124 cm³/mol. The van der Waals surface area contributed by atoms with Gasteiger partial charge in [0.25, 0.3) is 10.0 Å². The molecule has 0 saturated carbocycles. The van der Waals surface area contributed by atoms with Crippen molar-refractivity contribution in [2.24, 2.45) is 0 Å². The van der Waals surface area contributed by atoms with E-state index >= 15 is 0 Å². The Kier molecular flexibility index (Phi) is 7.22. The van der Waals surface area contributed by atoms with E-state index in [2.05, 4.69) is 4.72 Å². The van der Waals surface area contributed by atoms with Gasteiger partial charge in [-0.3, -0.25) is 4.72 Å². The van der Waals surface area contributed by atoms with E-state index in [1.54, 1.807) is 43.3 Å². The molecule has 0 amide bonds. The van der Waals surface area contributed by atoms with Gasteiger partial charge in [-0.1, -0.05) is 17.7 Å². The Labute approximate surface area is 193 Å². The Morgan fingerprint density at radius 2 is 1.70 bits per heavy atom. The lowest BCUT2D eigenvalue weighted by atomic mass is 10.2. The average Bonchev–Trinajstić information content (AvgIpc) is 2.71. The normalized spacial score (nSPS) is 11.0. The summed E-state index contributed by atoms with van der Waals surface area (Å²) in [5, 5.41) is 0.547. The minimum atomic E-state index is -3.96. The van der Waals surface area contributed by atoms with Gasteiger partial charge in [-0.05, 0) is 90.2 Å². The first-order valence-corrected chi connectivity index (χ1v) is 11.8. The minimum Gasteiger partial charge on any atom is -0.462 e. The van der Waals surface area contributed by atoms with Gasteiger partial charge < -0.3 is 9.47 Å². The standard InChI is InChI=1S/C21H17ClINO5S/c1-2-28-21(25)14-6-10-16(11-7-14)24-30(26,27)19-5-3-4-18(23)20(19)29-17-12-8-15(22)9-13-17/h3-13,24H,2H2,1H3. The van der Waals surface area contributed by atoms with E-state index in [-0.39, 0.29) is 17.3 Å². The third kappa shape index (κ3) is 5.44. The number of carbonyl (C=O) groups is 1. The highest BCUT2D eigenvalue weighted by Gasteiger charge is 2.22. The van der Waals surface area contributed by atoms with Gasteiger partial charge >= 0.3 is 5.97 Å². The molecule has 0 fully saturated rings. The van der Waals surface area contributed by atoms with Crippen LogP contribution in [0.25, 0.3) is 0 Å². The summed E-state index contributed by atoms with van der Waals surface area (Å²) in [6, 6.07) is 17.5. The fraction of sp³-hybridized carbons (Fsp3) is 0.0952. The van der Waals surface area contributed by atoms with E-state index < -0.39 is 16.0 Å². The summed E-state index contributed by atoms with van der Waals surface area (Å²) in [5.74, 6) is 0.193. The number of ether oxygens (including phenoxy) is 2. The molecular weight excluding hydrogens is 541 g/mol. The molecule has 0 bridgehead atoms. The van der Waals surface area contributed by atoms with Crippen LogP contribution in [-0.2, 0) is 14.8 Å². The van der Waals surface area contributed by atoms with Crippen molar-refractivity contribution in [2.45, 2.75) is 11.8 Å². The lowest BCUT2D eigenvalue weighted by molar-refractivity contribution is 0.0526. The lowest BCUT2D eigenvalue weighted by Crippen LogP contribution is -2.14. The number of carbonyl (C=O) groups excluding carboxylic acids is 1.